The molecular formula is C12H8Br2ClN3. The fraction of sp³-hybridized carbons (Fsp3) is 0.250. The number of hydrogen-bond acceptors (Lipinski definition) is 3. The van der Waals surface area contributed by atoms with E-state index in [2.05, 4.69) is 46.8 Å². The minimum atomic E-state index is 0.559. The van der Waals surface area contributed by atoms with E-state index >= 15 is 0 Å². The van der Waals surface area contributed by atoms with Gasteiger partial charge in [0.15, 0.2) is 5.82 Å². The van der Waals surface area contributed by atoms with Crippen LogP contribution in [0.4, 0.5) is 0 Å². The number of halogens is 3. The Morgan fingerprint density at radius 2 is 2.00 bits per heavy atom. The first-order chi connectivity index (χ1) is 8.65. The molecule has 1 aliphatic rings. The van der Waals surface area contributed by atoms with E-state index in [4.69, 9.17) is 11.6 Å². The van der Waals surface area contributed by atoms with Crippen LogP contribution in [0, 0.1) is 0 Å². The predicted octanol–water partition coefficient (Wildman–Crippen LogP) is 4.21. The van der Waals surface area contributed by atoms with Crippen molar-refractivity contribution in [2.45, 2.75) is 19.3 Å². The monoisotopic (exact) mass is 387 g/mol. The summed E-state index contributed by atoms with van der Waals surface area (Å²) in [5.41, 5.74) is 2.87. The third-order valence-corrected chi connectivity index (χ3v) is 4.25. The van der Waals surface area contributed by atoms with Crippen molar-refractivity contribution in [2.24, 2.45) is 0 Å². The Morgan fingerprint density at radius 3 is 2.78 bits per heavy atom. The van der Waals surface area contributed by atoms with Gasteiger partial charge in [-0.15, -0.1) is 0 Å². The molecule has 0 N–H and O–H groups in total. The molecule has 3 rings (SSSR count). The minimum absolute atomic E-state index is 0.559. The van der Waals surface area contributed by atoms with Gasteiger partial charge >= 0.3 is 0 Å². The predicted molar refractivity (Wildman–Crippen MR) is 77.7 cm³/mol. The molecule has 92 valence electrons. The highest BCUT2D eigenvalue weighted by atomic mass is 79.9. The van der Waals surface area contributed by atoms with Crippen LogP contribution in [0.3, 0.4) is 0 Å². The molecule has 0 atom stereocenters. The van der Waals surface area contributed by atoms with Crippen LogP contribution in [0.1, 0.15) is 17.7 Å². The molecule has 3 nitrogen and oxygen atoms in total. The van der Waals surface area contributed by atoms with Crippen molar-refractivity contribution in [2.75, 3.05) is 0 Å². The highest BCUT2D eigenvalue weighted by molar-refractivity contribution is 9.11. The lowest BCUT2D eigenvalue weighted by molar-refractivity contribution is 0.899. The highest BCUT2D eigenvalue weighted by Gasteiger charge is 2.20. The summed E-state index contributed by atoms with van der Waals surface area (Å²) in [6, 6.07) is 1.92. The summed E-state index contributed by atoms with van der Waals surface area (Å²) in [7, 11) is 0. The molecule has 2 aromatic rings. The van der Waals surface area contributed by atoms with Gasteiger partial charge in [-0.25, -0.2) is 9.97 Å². The van der Waals surface area contributed by atoms with E-state index in [-0.39, 0.29) is 0 Å². The molecule has 0 saturated heterocycles. The minimum Gasteiger partial charge on any atom is -0.251 e. The van der Waals surface area contributed by atoms with E-state index in [1.165, 1.54) is 0 Å². The van der Waals surface area contributed by atoms with Gasteiger partial charge in [0.2, 0.25) is 0 Å². The fourth-order valence-electron chi connectivity index (χ4n) is 2.07. The van der Waals surface area contributed by atoms with Crippen molar-refractivity contribution in [3.63, 3.8) is 0 Å². The lowest BCUT2D eigenvalue weighted by Crippen LogP contribution is -1.99. The molecule has 0 amide bonds. The molecule has 0 radical (unpaired) electrons. The summed E-state index contributed by atoms with van der Waals surface area (Å²) in [5, 5.41) is 0.559. The number of rotatable bonds is 1. The van der Waals surface area contributed by atoms with E-state index in [9.17, 15) is 0 Å². The Labute approximate surface area is 126 Å². The highest BCUT2D eigenvalue weighted by Crippen LogP contribution is 2.31. The summed E-state index contributed by atoms with van der Waals surface area (Å²) in [6.07, 6.45) is 4.77. The molecule has 0 unspecified atom stereocenters. The maximum absolute atomic E-state index is 6.20. The Balaban J connectivity index is 2.15. The van der Waals surface area contributed by atoms with Gasteiger partial charge in [0.25, 0.3) is 0 Å². The molecule has 0 aromatic carbocycles. The maximum Gasteiger partial charge on any atom is 0.181 e. The fourth-order valence-corrected chi connectivity index (χ4v) is 3.52. The largest absolute Gasteiger partial charge is 0.251 e. The van der Waals surface area contributed by atoms with Gasteiger partial charge in [-0.1, -0.05) is 11.6 Å². The first-order valence-corrected chi connectivity index (χ1v) is 7.48. The quantitative estimate of drug-likeness (QED) is 0.686. The molecule has 0 saturated carbocycles. The second kappa shape index (κ2) is 4.87. The standard InChI is InChI=1S/C12H8Br2ClN3/c13-6-4-8(14)10(16-5-6)12-17-9-3-1-2-7(9)11(15)18-12/h4-5H,1-3H2. The van der Waals surface area contributed by atoms with Crippen LogP contribution in [0.5, 0.6) is 0 Å². The molecule has 2 aromatic heterocycles. The Hall–Kier alpha value is -0.520. The zero-order valence-electron chi connectivity index (χ0n) is 9.25. The normalized spacial score (nSPS) is 13.7. The van der Waals surface area contributed by atoms with Crippen LogP contribution >= 0.6 is 43.5 Å². The molecule has 0 bridgehead atoms. The average molecular weight is 389 g/mol. The molecule has 1 aliphatic carbocycles. The van der Waals surface area contributed by atoms with Crippen LogP contribution in [0.25, 0.3) is 11.5 Å². The summed E-state index contributed by atoms with van der Waals surface area (Å²) >= 11 is 13.1. The van der Waals surface area contributed by atoms with E-state index < -0.39 is 0 Å². The SMILES string of the molecule is Clc1nc(-c2ncc(Br)cc2Br)nc2c1CCC2. The van der Waals surface area contributed by atoms with Crippen LogP contribution < -0.4 is 0 Å². The van der Waals surface area contributed by atoms with Crippen molar-refractivity contribution in [3.8, 4) is 11.5 Å². The van der Waals surface area contributed by atoms with Crippen molar-refractivity contribution in [1.82, 2.24) is 15.0 Å². The molecule has 2 heterocycles. The van der Waals surface area contributed by atoms with E-state index in [1.54, 1.807) is 6.20 Å². The zero-order valence-corrected chi connectivity index (χ0v) is 13.2. The molecule has 0 spiro atoms. The van der Waals surface area contributed by atoms with Crippen molar-refractivity contribution in [3.05, 3.63) is 37.6 Å². The molecule has 0 aliphatic heterocycles. The summed E-state index contributed by atoms with van der Waals surface area (Å²) < 4.78 is 1.76. The Bertz CT molecular complexity index is 631. The van der Waals surface area contributed by atoms with Gasteiger partial charge in [-0.05, 0) is 57.2 Å². The van der Waals surface area contributed by atoms with Crippen molar-refractivity contribution in [1.29, 1.82) is 0 Å². The van der Waals surface area contributed by atoms with Gasteiger partial charge in [0.1, 0.15) is 10.8 Å². The third kappa shape index (κ3) is 2.19. The van der Waals surface area contributed by atoms with Crippen LogP contribution in [0.15, 0.2) is 21.2 Å². The zero-order chi connectivity index (χ0) is 12.7. The number of hydrogen-bond donors (Lipinski definition) is 0. The third-order valence-electron chi connectivity index (χ3n) is 2.90. The summed E-state index contributed by atoms with van der Waals surface area (Å²) in [5.74, 6) is 0.583. The van der Waals surface area contributed by atoms with Gasteiger partial charge in [-0.3, -0.25) is 4.98 Å². The number of fused-ring (bicyclic) bond motifs is 1. The van der Waals surface area contributed by atoms with E-state index in [0.29, 0.717) is 11.0 Å². The smallest absolute Gasteiger partial charge is 0.181 e. The molecule has 6 heteroatoms. The molecule has 18 heavy (non-hydrogen) atoms. The van der Waals surface area contributed by atoms with Gasteiger partial charge in [-0.2, -0.15) is 0 Å². The van der Waals surface area contributed by atoms with Gasteiger partial charge < -0.3 is 0 Å². The first-order valence-electron chi connectivity index (χ1n) is 5.52. The molecule has 0 fully saturated rings. The maximum atomic E-state index is 6.20. The van der Waals surface area contributed by atoms with E-state index in [1.807, 2.05) is 6.07 Å². The first kappa shape index (κ1) is 12.5. The van der Waals surface area contributed by atoms with E-state index in [0.717, 1.165) is 45.2 Å². The number of aryl methyl sites for hydroxylation is 1. The lowest BCUT2D eigenvalue weighted by atomic mass is 10.2. The van der Waals surface area contributed by atoms with Crippen molar-refractivity contribution >= 4 is 43.5 Å². The van der Waals surface area contributed by atoms with Gasteiger partial charge in [0.05, 0.1) is 0 Å². The van der Waals surface area contributed by atoms with Crippen LogP contribution in [-0.4, -0.2) is 15.0 Å². The second-order valence-corrected chi connectivity index (χ2v) is 6.23. The topological polar surface area (TPSA) is 38.7 Å². The molecular weight excluding hydrogens is 381 g/mol. The van der Waals surface area contributed by atoms with Gasteiger partial charge in [0, 0.05) is 26.4 Å². The Kier molecular flexibility index (Phi) is 3.38. The average Bonchev–Trinajstić information content (AvgIpc) is 2.77. The summed E-state index contributed by atoms with van der Waals surface area (Å²) in [6.45, 7) is 0. The number of aromatic nitrogens is 3. The van der Waals surface area contributed by atoms with Crippen LogP contribution in [-0.2, 0) is 12.8 Å². The number of nitrogens with zero attached hydrogens (tertiary/aromatic N) is 3. The second-order valence-electron chi connectivity index (χ2n) is 4.10. The number of pyridine rings is 1. The summed E-state index contributed by atoms with van der Waals surface area (Å²) in [4.78, 5) is 13.3. The van der Waals surface area contributed by atoms with Crippen LogP contribution in [0.2, 0.25) is 5.15 Å². The Morgan fingerprint density at radius 1 is 1.17 bits per heavy atom. The lowest BCUT2D eigenvalue weighted by Gasteiger charge is -2.06. The van der Waals surface area contributed by atoms with Crippen molar-refractivity contribution < 1.29 is 0 Å².